The Morgan fingerprint density at radius 3 is 2.31 bits per heavy atom. The Morgan fingerprint density at radius 2 is 1.50 bits per heavy atom. The maximum absolute atomic E-state index is 2.45. The Labute approximate surface area is 167 Å². The van der Waals surface area contributed by atoms with E-state index >= 15 is 0 Å². The number of benzene rings is 3. The van der Waals surface area contributed by atoms with Crippen LogP contribution in [0.1, 0.15) is 14.4 Å². The molecular weight excluding hydrogens is 495 g/mol. The molecule has 2 heterocycles. The molecule has 26 heavy (non-hydrogen) atoms. The van der Waals surface area contributed by atoms with Gasteiger partial charge in [-0.1, -0.05) is 0 Å². The third-order valence-electron chi connectivity index (χ3n) is 5.28. The first-order valence-electron chi connectivity index (χ1n) is 8.90. The number of hydrogen-bond donors (Lipinski definition) is 0. The van der Waals surface area contributed by atoms with Crippen LogP contribution in [0.5, 0.6) is 0 Å². The van der Waals surface area contributed by atoms with Gasteiger partial charge in [0.15, 0.2) is 0 Å². The van der Waals surface area contributed by atoms with Crippen LogP contribution >= 0.6 is 0 Å². The molecule has 2 heteroatoms. The van der Waals surface area contributed by atoms with Gasteiger partial charge in [0.25, 0.3) is 0 Å². The van der Waals surface area contributed by atoms with Gasteiger partial charge >= 0.3 is 169 Å². The molecule has 0 amide bonds. The van der Waals surface area contributed by atoms with Gasteiger partial charge in [-0.3, -0.25) is 0 Å². The molecule has 3 aromatic carbocycles. The predicted molar refractivity (Wildman–Crippen MR) is 117 cm³/mol. The predicted octanol–water partition coefficient (Wildman–Crippen LogP) is 6.07. The van der Waals surface area contributed by atoms with Crippen LogP contribution in [0, 0.1) is 6.92 Å². The summed E-state index contributed by atoms with van der Waals surface area (Å²) in [4.78, 5) is 0. The first-order chi connectivity index (χ1) is 12.7. The molecule has 0 atom stereocenters. The molecule has 0 radical (unpaired) electrons. The Balaban J connectivity index is 1.61. The van der Waals surface area contributed by atoms with E-state index in [2.05, 4.69) is 73.7 Å². The third kappa shape index (κ3) is 2.41. The number of allylic oxidation sites excluding steroid dienone is 4. The van der Waals surface area contributed by atoms with E-state index < -0.39 is 0 Å². The van der Waals surface area contributed by atoms with Crippen molar-refractivity contribution in [2.45, 2.75) is 13.3 Å². The molecular formula is C24H16SeTe. The van der Waals surface area contributed by atoms with Crippen molar-refractivity contribution in [1.29, 1.82) is 0 Å². The Morgan fingerprint density at radius 1 is 0.769 bits per heavy atom. The fourth-order valence-electron chi connectivity index (χ4n) is 4.00. The number of fused-ring (bicyclic) bond motifs is 4. The van der Waals surface area contributed by atoms with E-state index in [1.807, 2.05) is 0 Å². The molecule has 0 N–H and O–H groups in total. The molecule has 0 saturated heterocycles. The molecule has 0 saturated carbocycles. The van der Waals surface area contributed by atoms with Gasteiger partial charge < -0.3 is 0 Å². The van der Waals surface area contributed by atoms with E-state index in [0.717, 1.165) is 6.42 Å². The van der Waals surface area contributed by atoms with Gasteiger partial charge in [-0.15, -0.1) is 0 Å². The van der Waals surface area contributed by atoms with E-state index in [1.54, 1.807) is 15.7 Å². The zero-order valence-corrected chi connectivity index (χ0v) is 18.4. The average Bonchev–Trinajstić information content (AvgIpc) is 3.33. The van der Waals surface area contributed by atoms with E-state index in [0.29, 0.717) is 14.5 Å². The zero-order valence-electron chi connectivity index (χ0n) is 14.4. The molecule has 0 spiro atoms. The Kier molecular flexibility index (Phi) is 3.41. The summed E-state index contributed by atoms with van der Waals surface area (Å²) in [5.41, 5.74) is 1.51. The van der Waals surface area contributed by atoms with Crippen molar-refractivity contribution in [1.82, 2.24) is 0 Å². The monoisotopic (exact) mass is 514 g/mol. The molecule has 0 nitrogen and oxygen atoms in total. The summed E-state index contributed by atoms with van der Waals surface area (Å²) < 4.78 is 6.30. The van der Waals surface area contributed by atoms with Gasteiger partial charge in [-0.25, -0.2) is 0 Å². The molecule has 0 bridgehead atoms. The Hall–Kier alpha value is -1.55. The van der Waals surface area contributed by atoms with Crippen molar-refractivity contribution < 1.29 is 0 Å². The molecule has 124 valence electrons. The Bertz CT molecular complexity index is 1320. The minimum atomic E-state index is -0.121. The molecule has 0 fully saturated rings. The quantitative estimate of drug-likeness (QED) is 0.190. The van der Waals surface area contributed by atoms with Crippen molar-refractivity contribution in [2.75, 3.05) is 0 Å². The molecule has 2 aromatic heterocycles. The van der Waals surface area contributed by atoms with Crippen molar-refractivity contribution in [3.63, 3.8) is 0 Å². The number of hydrogen-bond acceptors (Lipinski definition) is 0. The molecule has 6 rings (SSSR count). The molecule has 0 unspecified atom stereocenters. The van der Waals surface area contributed by atoms with Crippen molar-refractivity contribution >= 4 is 80.5 Å². The van der Waals surface area contributed by atoms with Gasteiger partial charge in [-0.2, -0.15) is 0 Å². The summed E-state index contributed by atoms with van der Waals surface area (Å²) >= 11 is 0.325. The van der Waals surface area contributed by atoms with Crippen LogP contribution in [0.2, 0.25) is 0 Å². The fraction of sp³-hybridized carbons (Fsp3) is 0.0833. The van der Waals surface area contributed by atoms with E-state index in [9.17, 15) is 0 Å². The average molecular weight is 511 g/mol. The number of rotatable bonds is 1. The van der Waals surface area contributed by atoms with E-state index in [-0.39, 0.29) is 20.4 Å². The second-order valence-corrected chi connectivity index (χ2v) is 13.1. The van der Waals surface area contributed by atoms with Crippen LogP contribution < -0.4 is 0 Å². The summed E-state index contributed by atoms with van der Waals surface area (Å²) in [7, 11) is 0. The van der Waals surface area contributed by atoms with E-state index in [1.165, 1.54) is 37.9 Å². The van der Waals surface area contributed by atoms with Crippen molar-refractivity contribution in [3.8, 4) is 0 Å². The van der Waals surface area contributed by atoms with Gasteiger partial charge in [0.1, 0.15) is 0 Å². The maximum atomic E-state index is 2.45. The van der Waals surface area contributed by atoms with Gasteiger partial charge in [0, 0.05) is 0 Å². The van der Waals surface area contributed by atoms with E-state index in [4.69, 9.17) is 0 Å². The number of aryl methyl sites for hydroxylation is 1. The first-order valence-corrected chi connectivity index (χ1v) is 12.9. The fourth-order valence-corrected chi connectivity index (χ4v) is 9.08. The molecule has 5 aromatic rings. The summed E-state index contributed by atoms with van der Waals surface area (Å²) in [6.07, 6.45) is 7.84. The molecule has 1 aliphatic rings. The van der Waals surface area contributed by atoms with Gasteiger partial charge in [0.2, 0.25) is 0 Å². The molecule has 0 aliphatic heterocycles. The van der Waals surface area contributed by atoms with Crippen LogP contribution in [0.25, 0.3) is 45.6 Å². The normalized spacial score (nSPS) is 14.3. The summed E-state index contributed by atoms with van der Waals surface area (Å²) in [5.74, 6) is 0. The second kappa shape index (κ2) is 5.72. The van der Waals surface area contributed by atoms with Crippen LogP contribution in [0.15, 0.2) is 66.8 Å². The molecule has 1 aliphatic carbocycles. The standard InChI is InChI=1S/C24H16SeTe/c1-14-6-21-10-17-7-16-9-20-12-22(15-4-2-3-5-15)25-23(20)11-18(16)8-19(17)13-24(21)26-14/h2-4,6-13H,5H2,1H3. The van der Waals surface area contributed by atoms with Crippen LogP contribution in [0.4, 0.5) is 0 Å². The van der Waals surface area contributed by atoms with Crippen LogP contribution in [-0.2, 0) is 0 Å². The van der Waals surface area contributed by atoms with Gasteiger partial charge in [0.05, 0.1) is 0 Å². The second-order valence-electron chi connectivity index (χ2n) is 7.12. The van der Waals surface area contributed by atoms with Crippen molar-refractivity contribution in [3.05, 3.63) is 74.8 Å². The topological polar surface area (TPSA) is 0 Å². The zero-order chi connectivity index (χ0) is 17.3. The van der Waals surface area contributed by atoms with Crippen LogP contribution in [0.3, 0.4) is 0 Å². The SMILES string of the molecule is Cc1cc2cc3cc4cc5cc(C6=CC=CC6)[se]c5cc4cc3cc2[te]1. The summed E-state index contributed by atoms with van der Waals surface area (Å²) in [6, 6.07) is 19.3. The first kappa shape index (κ1) is 15.5. The minimum absolute atomic E-state index is 0.121. The van der Waals surface area contributed by atoms with Gasteiger partial charge in [-0.05, 0) is 0 Å². The third-order valence-corrected chi connectivity index (χ3v) is 10.6. The summed E-state index contributed by atoms with van der Waals surface area (Å²) in [6.45, 7) is 2.29. The van der Waals surface area contributed by atoms with Crippen molar-refractivity contribution in [2.24, 2.45) is 0 Å². The summed E-state index contributed by atoms with van der Waals surface area (Å²) in [5, 5.41) is 8.45. The van der Waals surface area contributed by atoms with Crippen LogP contribution in [-0.4, -0.2) is 34.9 Å².